The summed E-state index contributed by atoms with van der Waals surface area (Å²) >= 11 is 5.82. The summed E-state index contributed by atoms with van der Waals surface area (Å²) in [6.07, 6.45) is 0. The van der Waals surface area contributed by atoms with Crippen LogP contribution < -0.4 is 0 Å². The standard InChI is InChI=1S/C17H14ClN3O3.ClH/c1-2-21-13-6-4-3-5-11(13)15(17(21)24)19-20-16(23)12-9-10(18)7-8-14(12)22;/h3-9,22,24H,2H2,1H3;1H. The first-order valence-corrected chi connectivity index (χ1v) is 7.65. The summed E-state index contributed by atoms with van der Waals surface area (Å²) in [5.74, 6) is -1.04. The third-order valence-corrected chi connectivity index (χ3v) is 3.90. The number of benzene rings is 2. The molecule has 0 unspecified atom stereocenters. The van der Waals surface area contributed by atoms with Crippen molar-refractivity contribution in [2.24, 2.45) is 10.2 Å². The molecule has 3 aromatic rings. The predicted octanol–water partition coefficient (Wildman–Crippen LogP) is 5.07. The smallest absolute Gasteiger partial charge is 0.299 e. The number of carbonyl (C=O) groups is 1. The Morgan fingerprint density at radius 2 is 1.92 bits per heavy atom. The molecule has 2 aromatic carbocycles. The number of azo groups is 1. The number of aromatic hydroxyl groups is 2. The Balaban J connectivity index is 0.00000225. The Morgan fingerprint density at radius 3 is 2.64 bits per heavy atom. The summed E-state index contributed by atoms with van der Waals surface area (Å²) in [5, 5.41) is 28.6. The van der Waals surface area contributed by atoms with E-state index < -0.39 is 5.91 Å². The van der Waals surface area contributed by atoms with Crippen molar-refractivity contribution in [2.45, 2.75) is 13.5 Å². The number of nitrogens with zero attached hydrogens (tertiary/aromatic N) is 3. The number of rotatable bonds is 3. The molecule has 0 fully saturated rings. The van der Waals surface area contributed by atoms with Gasteiger partial charge in [-0.3, -0.25) is 4.79 Å². The lowest BCUT2D eigenvalue weighted by Crippen LogP contribution is -1.94. The van der Waals surface area contributed by atoms with E-state index in [0.29, 0.717) is 17.0 Å². The molecule has 0 spiro atoms. The molecule has 6 nitrogen and oxygen atoms in total. The highest BCUT2D eigenvalue weighted by atomic mass is 35.5. The van der Waals surface area contributed by atoms with Gasteiger partial charge in [-0.25, -0.2) is 0 Å². The second kappa shape index (κ2) is 7.55. The average molecular weight is 380 g/mol. The maximum absolute atomic E-state index is 12.1. The number of aromatic nitrogens is 1. The zero-order chi connectivity index (χ0) is 17.3. The molecular weight excluding hydrogens is 365 g/mol. The SMILES string of the molecule is CCn1c(O)c(N=NC(=O)c2cc(Cl)ccc2O)c2ccccc21.Cl. The summed E-state index contributed by atoms with van der Waals surface area (Å²) in [6.45, 7) is 2.44. The molecule has 130 valence electrons. The van der Waals surface area contributed by atoms with Crippen LogP contribution in [0.5, 0.6) is 11.6 Å². The van der Waals surface area contributed by atoms with Gasteiger partial charge in [0.15, 0.2) is 5.69 Å². The van der Waals surface area contributed by atoms with Crippen LogP contribution in [0.4, 0.5) is 5.69 Å². The van der Waals surface area contributed by atoms with E-state index in [0.717, 1.165) is 5.52 Å². The van der Waals surface area contributed by atoms with Crippen LogP contribution in [0.1, 0.15) is 17.3 Å². The van der Waals surface area contributed by atoms with Crippen molar-refractivity contribution in [3.8, 4) is 11.6 Å². The van der Waals surface area contributed by atoms with E-state index in [1.54, 1.807) is 10.6 Å². The highest BCUT2D eigenvalue weighted by Crippen LogP contribution is 2.38. The topological polar surface area (TPSA) is 87.2 Å². The van der Waals surface area contributed by atoms with Gasteiger partial charge in [-0.15, -0.1) is 22.6 Å². The third-order valence-electron chi connectivity index (χ3n) is 3.66. The number of halogens is 2. The Labute approximate surface area is 154 Å². The first-order valence-electron chi connectivity index (χ1n) is 7.27. The number of carbonyl (C=O) groups excluding carboxylic acids is 1. The molecule has 25 heavy (non-hydrogen) atoms. The molecule has 0 saturated heterocycles. The first-order chi connectivity index (χ1) is 11.5. The van der Waals surface area contributed by atoms with Gasteiger partial charge in [0.25, 0.3) is 5.91 Å². The van der Waals surface area contributed by atoms with Crippen LogP contribution in [0.3, 0.4) is 0 Å². The minimum Gasteiger partial charge on any atom is -0.507 e. The molecular formula is C17H15Cl2N3O3. The van der Waals surface area contributed by atoms with Gasteiger partial charge in [0.1, 0.15) is 5.75 Å². The maximum atomic E-state index is 12.1. The number of fused-ring (bicyclic) bond motifs is 1. The van der Waals surface area contributed by atoms with Gasteiger partial charge in [0, 0.05) is 17.0 Å². The number of para-hydroxylation sites is 1. The fourth-order valence-electron chi connectivity index (χ4n) is 2.52. The van der Waals surface area contributed by atoms with E-state index in [1.165, 1.54) is 18.2 Å². The van der Waals surface area contributed by atoms with Crippen LogP contribution >= 0.6 is 24.0 Å². The lowest BCUT2D eigenvalue weighted by molar-refractivity contribution is 0.0992. The minimum absolute atomic E-state index is 0. The second-order valence-electron chi connectivity index (χ2n) is 5.10. The number of phenols is 1. The van der Waals surface area contributed by atoms with E-state index >= 15 is 0 Å². The van der Waals surface area contributed by atoms with Crippen molar-refractivity contribution in [3.63, 3.8) is 0 Å². The normalized spacial score (nSPS) is 11.0. The molecule has 0 aliphatic carbocycles. The van der Waals surface area contributed by atoms with Gasteiger partial charge in [-0.1, -0.05) is 29.8 Å². The Bertz CT molecular complexity index is 967. The number of aryl methyl sites for hydroxylation is 1. The molecule has 8 heteroatoms. The summed E-state index contributed by atoms with van der Waals surface area (Å²) in [6, 6.07) is 11.4. The van der Waals surface area contributed by atoms with E-state index in [9.17, 15) is 15.0 Å². The summed E-state index contributed by atoms with van der Waals surface area (Å²) < 4.78 is 1.67. The molecule has 0 radical (unpaired) electrons. The van der Waals surface area contributed by atoms with E-state index in [1.807, 2.05) is 25.1 Å². The largest absolute Gasteiger partial charge is 0.507 e. The molecule has 1 aromatic heterocycles. The summed E-state index contributed by atoms with van der Waals surface area (Å²) in [4.78, 5) is 12.1. The monoisotopic (exact) mass is 379 g/mol. The summed E-state index contributed by atoms with van der Waals surface area (Å²) in [5.41, 5.74) is 0.955. The Morgan fingerprint density at radius 1 is 1.20 bits per heavy atom. The van der Waals surface area contributed by atoms with Crippen molar-refractivity contribution >= 4 is 46.5 Å². The highest BCUT2D eigenvalue weighted by molar-refractivity contribution is 6.31. The van der Waals surface area contributed by atoms with Crippen molar-refractivity contribution in [2.75, 3.05) is 0 Å². The quantitative estimate of drug-likeness (QED) is 0.622. The lowest BCUT2D eigenvalue weighted by atomic mass is 10.2. The van der Waals surface area contributed by atoms with E-state index in [4.69, 9.17) is 11.6 Å². The van der Waals surface area contributed by atoms with Gasteiger partial charge in [0.2, 0.25) is 5.88 Å². The lowest BCUT2D eigenvalue weighted by Gasteiger charge is -2.01. The number of hydrogen-bond donors (Lipinski definition) is 2. The predicted molar refractivity (Wildman–Crippen MR) is 98.5 cm³/mol. The van der Waals surface area contributed by atoms with Crippen LogP contribution in [0.15, 0.2) is 52.7 Å². The molecule has 2 N–H and O–H groups in total. The van der Waals surface area contributed by atoms with Crippen molar-refractivity contribution in [1.82, 2.24) is 4.57 Å². The van der Waals surface area contributed by atoms with Crippen LogP contribution in [0.2, 0.25) is 5.02 Å². The van der Waals surface area contributed by atoms with Crippen LogP contribution in [0.25, 0.3) is 10.9 Å². The summed E-state index contributed by atoms with van der Waals surface area (Å²) in [7, 11) is 0. The van der Waals surface area contributed by atoms with Gasteiger partial charge in [-0.05, 0) is 31.2 Å². The van der Waals surface area contributed by atoms with Crippen LogP contribution in [-0.4, -0.2) is 20.7 Å². The third kappa shape index (κ3) is 3.45. The number of phenolic OH excluding ortho intramolecular Hbond substituents is 1. The number of amides is 1. The molecule has 3 rings (SSSR count). The van der Waals surface area contributed by atoms with Gasteiger partial charge >= 0.3 is 0 Å². The zero-order valence-electron chi connectivity index (χ0n) is 13.2. The maximum Gasteiger partial charge on any atom is 0.299 e. The van der Waals surface area contributed by atoms with Gasteiger partial charge in [0.05, 0.1) is 11.1 Å². The fraction of sp³-hybridized carbons (Fsp3) is 0.118. The van der Waals surface area contributed by atoms with Crippen LogP contribution in [-0.2, 0) is 6.54 Å². The van der Waals surface area contributed by atoms with Crippen molar-refractivity contribution in [1.29, 1.82) is 0 Å². The molecule has 1 heterocycles. The number of hydrogen-bond acceptors (Lipinski definition) is 4. The second-order valence-corrected chi connectivity index (χ2v) is 5.54. The van der Waals surface area contributed by atoms with Crippen LogP contribution in [0, 0.1) is 0 Å². The molecule has 0 atom stereocenters. The molecule has 0 bridgehead atoms. The minimum atomic E-state index is -0.747. The first kappa shape index (κ1) is 18.8. The molecule has 0 aliphatic rings. The Kier molecular flexibility index (Phi) is 5.66. The molecule has 0 saturated carbocycles. The zero-order valence-corrected chi connectivity index (χ0v) is 14.8. The van der Waals surface area contributed by atoms with Gasteiger partial charge in [-0.2, -0.15) is 0 Å². The van der Waals surface area contributed by atoms with E-state index in [-0.39, 0.29) is 35.3 Å². The molecule has 1 amide bonds. The van der Waals surface area contributed by atoms with Crippen molar-refractivity contribution in [3.05, 3.63) is 53.1 Å². The average Bonchev–Trinajstić information content (AvgIpc) is 2.85. The van der Waals surface area contributed by atoms with Gasteiger partial charge < -0.3 is 14.8 Å². The van der Waals surface area contributed by atoms with Crippen molar-refractivity contribution < 1.29 is 15.0 Å². The Hall–Kier alpha value is -2.57. The molecule has 0 aliphatic heterocycles. The van der Waals surface area contributed by atoms with E-state index in [2.05, 4.69) is 10.2 Å². The fourth-order valence-corrected chi connectivity index (χ4v) is 2.69. The highest BCUT2D eigenvalue weighted by Gasteiger charge is 2.16.